The number of hydrogen-bond donors (Lipinski definition) is 1. The number of carboxylic acids is 1. The zero-order valence-corrected chi connectivity index (χ0v) is 18.5. The lowest BCUT2D eigenvalue weighted by molar-refractivity contribution is 0.0702. The van der Waals surface area contributed by atoms with Crippen LogP contribution < -0.4 is 0 Å². The van der Waals surface area contributed by atoms with Crippen LogP contribution in [0.15, 0.2) is 30.3 Å². The van der Waals surface area contributed by atoms with Gasteiger partial charge in [-0.25, -0.2) is 4.79 Å². The van der Waals surface area contributed by atoms with Crippen LogP contribution in [-0.2, 0) is 12.8 Å². The highest BCUT2D eigenvalue weighted by Crippen LogP contribution is 2.33. The minimum absolute atomic E-state index is 0.396. The van der Waals surface area contributed by atoms with Gasteiger partial charge < -0.3 is 5.11 Å². The van der Waals surface area contributed by atoms with Gasteiger partial charge in [-0.3, -0.25) is 0 Å². The van der Waals surface area contributed by atoms with Gasteiger partial charge in [0.15, 0.2) is 0 Å². The van der Waals surface area contributed by atoms with E-state index in [1.54, 1.807) is 12.1 Å². The summed E-state index contributed by atoms with van der Waals surface area (Å²) in [6, 6.07) is 9.33. The summed E-state index contributed by atoms with van der Waals surface area (Å²) < 4.78 is 0. The van der Waals surface area contributed by atoms with Crippen molar-refractivity contribution in [1.29, 1.82) is 0 Å². The van der Waals surface area contributed by atoms with Crippen molar-refractivity contribution in [2.45, 2.75) is 57.2 Å². The molecule has 0 aliphatic heterocycles. The molecule has 0 amide bonds. The van der Waals surface area contributed by atoms with E-state index in [2.05, 4.69) is 6.92 Å². The van der Waals surface area contributed by atoms with Crippen LogP contribution in [0.1, 0.15) is 59.1 Å². The first kappa shape index (κ1) is 22.5. The summed E-state index contributed by atoms with van der Waals surface area (Å²) in [6.07, 6.45) is 7.90. The van der Waals surface area contributed by atoms with E-state index in [-0.39, 0.29) is 0 Å². The molecule has 1 aromatic heterocycles. The third-order valence-corrected chi connectivity index (χ3v) is 6.58. The van der Waals surface area contributed by atoms with Gasteiger partial charge in [0.25, 0.3) is 0 Å². The van der Waals surface area contributed by atoms with Gasteiger partial charge in [-0.1, -0.05) is 36.5 Å². The Morgan fingerprint density at radius 3 is 2.37 bits per heavy atom. The summed E-state index contributed by atoms with van der Waals surface area (Å²) >= 11 is 19.4. The van der Waals surface area contributed by atoms with Gasteiger partial charge in [0.1, 0.15) is 4.88 Å². The van der Waals surface area contributed by atoms with Crippen LogP contribution in [0.2, 0.25) is 10.0 Å². The number of hydrogen-bond acceptors (Lipinski definition) is 2. The van der Waals surface area contributed by atoms with Crippen molar-refractivity contribution in [3.8, 4) is 0 Å². The van der Waals surface area contributed by atoms with Crippen LogP contribution >= 0.6 is 46.1 Å². The zero-order valence-electron chi connectivity index (χ0n) is 15.4. The van der Waals surface area contributed by atoms with Crippen LogP contribution in [0.25, 0.3) is 0 Å². The van der Waals surface area contributed by atoms with E-state index >= 15 is 0 Å². The van der Waals surface area contributed by atoms with Crippen molar-refractivity contribution >= 4 is 52.1 Å². The molecule has 0 radical (unpaired) electrons. The molecular formula is C21H25Cl3O2S. The lowest BCUT2D eigenvalue weighted by Gasteiger charge is -2.09. The molecule has 1 saturated carbocycles. The van der Waals surface area contributed by atoms with Crippen LogP contribution in [-0.4, -0.2) is 16.5 Å². The standard InChI is InChI=1S/C13H15Cl3.C8H10O2S/c14-11-4-3-9(5-11)1-2-10-6-12(15)8-13(16)7-10;1-2-3-6-4-5-7(11-6)8(9)10/h6-9,11H,1-5H2;4-5H,2-3H2,1H3,(H,9,10). The van der Waals surface area contributed by atoms with Crippen molar-refractivity contribution in [3.05, 3.63) is 55.7 Å². The first-order valence-corrected chi connectivity index (χ1v) is 11.3. The van der Waals surface area contributed by atoms with Crippen LogP contribution in [0.3, 0.4) is 0 Å². The van der Waals surface area contributed by atoms with Crippen molar-refractivity contribution in [2.75, 3.05) is 0 Å². The first-order valence-electron chi connectivity index (χ1n) is 9.28. The molecule has 27 heavy (non-hydrogen) atoms. The molecule has 2 nitrogen and oxygen atoms in total. The Bertz CT molecular complexity index is 725. The number of thiophene rings is 1. The Labute approximate surface area is 180 Å². The van der Waals surface area contributed by atoms with E-state index in [0.29, 0.717) is 10.3 Å². The number of aryl methyl sites for hydroxylation is 2. The number of aromatic carboxylic acids is 1. The number of rotatable bonds is 6. The van der Waals surface area contributed by atoms with E-state index in [9.17, 15) is 4.79 Å². The largest absolute Gasteiger partial charge is 0.477 e. The molecule has 6 heteroatoms. The molecule has 1 aromatic carbocycles. The second kappa shape index (κ2) is 11.3. The fourth-order valence-corrected chi connectivity index (χ4v) is 5.17. The van der Waals surface area contributed by atoms with Crippen LogP contribution in [0, 0.1) is 5.92 Å². The Kier molecular flexibility index (Phi) is 9.44. The van der Waals surface area contributed by atoms with E-state index < -0.39 is 5.97 Å². The summed E-state index contributed by atoms with van der Waals surface area (Å²) in [5.41, 5.74) is 1.23. The average Bonchev–Trinajstić information content (AvgIpc) is 3.22. The molecule has 1 aliphatic carbocycles. The fourth-order valence-electron chi connectivity index (χ4n) is 3.28. The monoisotopic (exact) mass is 446 g/mol. The summed E-state index contributed by atoms with van der Waals surface area (Å²) in [5.74, 6) is -0.0439. The van der Waals surface area contributed by atoms with Crippen molar-refractivity contribution in [3.63, 3.8) is 0 Å². The highest BCUT2D eigenvalue weighted by Gasteiger charge is 2.22. The molecule has 0 spiro atoms. The molecule has 2 atom stereocenters. The van der Waals surface area contributed by atoms with E-state index in [1.807, 2.05) is 18.2 Å². The average molecular weight is 448 g/mol. The van der Waals surface area contributed by atoms with Gasteiger partial charge in [0.05, 0.1) is 0 Å². The van der Waals surface area contributed by atoms with Crippen LogP contribution in [0.5, 0.6) is 0 Å². The lowest BCUT2D eigenvalue weighted by Crippen LogP contribution is -1.98. The predicted octanol–water partition coefficient (Wildman–Crippen LogP) is 7.73. The fraction of sp³-hybridized carbons (Fsp3) is 0.476. The number of carbonyl (C=O) groups is 1. The minimum atomic E-state index is -0.822. The molecule has 1 aliphatic rings. The Morgan fingerprint density at radius 1 is 1.15 bits per heavy atom. The predicted molar refractivity (Wildman–Crippen MR) is 117 cm³/mol. The molecular weight excluding hydrogens is 423 g/mol. The zero-order chi connectivity index (χ0) is 19.8. The molecule has 1 heterocycles. The van der Waals surface area contributed by atoms with E-state index in [0.717, 1.165) is 46.5 Å². The van der Waals surface area contributed by atoms with Gasteiger partial charge >= 0.3 is 5.97 Å². The summed E-state index contributed by atoms with van der Waals surface area (Å²) in [7, 11) is 0. The Hall–Kier alpha value is -0.740. The SMILES string of the molecule is CCCc1ccc(C(=O)O)s1.Clc1cc(Cl)cc(CCC2CCC(Cl)C2)c1. The number of halogens is 3. The molecule has 3 rings (SSSR count). The number of benzene rings is 1. The normalized spacial score (nSPS) is 18.8. The number of alkyl halides is 1. The van der Waals surface area contributed by atoms with Crippen molar-refractivity contribution < 1.29 is 9.90 Å². The first-order chi connectivity index (χ1) is 12.9. The van der Waals surface area contributed by atoms with Crippen molar-refractivity contribution in [1.82, 2.24) is 0 Å². The van der Waals surface area contributed by atoms with E-state index in [4.69, 9.17) is 39.9 Å². The lowest BCUT2D eigenvalue weighted by atomic mass is 9.98. The maximum Gasteiger partial charge on any atom is 0.345 e. The smallest absolute Gasteiger partial charge is 0.345 e. The Morgan fingerprint density at radius 2 is 1.85 bits per heavy atom. The van der Waals surface area contributed by atoms with Gasteiger partial charge in [0.2, 0.25) is 0 Å². The minimum Gasteiger partial charge on any atom is -0.477 e. The Balaban J connectivity index is 0.000000208. The molecule has 0 saturated heterocycles. The topological polar surface area (TPSA) is 37.3 Å². The molecule has 0 bridgehead atoms. The second-order valence-corrected chi connectivity index (χ2v) is 9.57. The van der Waals surface area contributed by atoms with Gasteiger partial charge in [0, 0.05) is 20.3 Å². The second-order valence-electron chi connectivity index (χ2n) is 6.91. The molecule has 1 fully saturated rings. The van der Waals surface area contributed by atoms with Crippen molar-refractivity contribution in [2.24, 2.45) is 5.92 Å². The molecule has 2 aromatic rings. The summed E-state index contributed by atoms with van der Waals surface area (Å²) in [6.45, 7) is 2.08. The third kappa shape index (κ3) is 8.03. The third-order valence-electron chi connectivity index (χ3n) is 4.61. The van der Waals surface area contributed by atoms with Crippen LogP contribution in [0.4, 0.5) is 0 Å². The highest BCUT2D eigenvalue weighted by molar-refractivity contribution is 7.13. The molecule has 2 unspecified atom stereocenters. The molecule has 148 valence electrons. The van der Waals surface area contributed by atoms with Gasteiger partial charge in [-0.05, 0) is 80.3 Å². The maximum absolute atomic E-state index is 10.4. The van der Waals surface area contributed by atoms with Gasteiger partial charge in [-0.2, -0.15) is 0 Å². The molecule has 1 N–H and O–H groups in total. The number of carboxylic acid groups (broad SMARTS) is 1. The maximum atomic E-state index is 10.4. The highest BCUT2D eigenvalue weighted by atomic mass is 35.5. The summed E-state index contributed by atoms with van der Waals surface area (Å²) in [4.78, 5) is 12.0. The van der Waals surface area contributed by atoms with Gasteiger partial charge in [-0.15, -0.1) is 22.9 Å². The summed E-state index contributed by atoms with van der Waals surface area (Å²) in [5, 5.41) is 10.4. The quantitative estimate of drug-likeness (QED) is 0.460. The van der Waals surface area contributed by atoms with E-state index in [1.165, 1.54) is 36.2 Å².